The smallest absolute Gasteiger partial charge is 0.458 e. The third kappa shape index (κ3) is 17.9. The van der Waals surface area contributed by atoms with Crippen LogP contribution in [0.5, 0.6) is 0 Å². The highest BCUT2D eigenvalue weighted by Gasteiger charge is 2.35. The largest absolute Gasteiger partial charge is 0.473 e. The summed E-state index contributed by atoms with van der Waals surface area (Å²) in [6, 6.07) is 3.53. The zero-order valence-electron chi connectivity index (χ0n) is 23.7. The Labute approximate surface area is 224 Å². The van der Waals surface area contributed by atoms with E-state index in [2.05, 4.69) is 11.9 Å². The SMILES string of the molecule is CCCCCCCCCCCCCCCCOCC(COP(=O)(O)OC(C)(C)c1ccc[nH]1)OC(C)=O. The number of carbonyl (C=O) groups excluding carboxylic acids is 1. The lowest BCUT2D eigenvalue weighted by Gasteiger charge is -2.27. The molecule has 1 aromatic rings. The number of esters is 1. The molecule has 2 unspecified atom stereocenters. The number of unbranched alkanes of at least 4 members (excludes halogenated alkanes) is 13. The maximum Gasteiger partial charge on any atom is 0.473 e. The number of aromatic nitrogens is 1. The van der Waals surface area contributed by atoms with Crippen molar-refractivity contribution in [1.82, 2.24) is 4.98 Å². The Kier molecular flexibility index (Phi) is 18.1. The Morgan fingerprint density at radius 3 is 1.97 bits per heavy atom. The highest BCUT2D eigenvalue weighted by molar-refractivity contribution is 7.47. The van der Waals surface area contributed by atoms with Gasteiger partial charge in [0.25, 0.3) is 0 Å². The number of nitrogens with one attached hydrogen (secondary N) is 1. The van der Waals surface area contributed by atoms with Crippen molar-refractivity contribution in [3.63, 3.8) is 0 Å². The summed E-state index contributed by atoms with van der Waals surface area (Å²) in [6.45, 7) is 7.20. The summed E-state index contributed by atoms with van der Waals surface area (Å²) in [6.07, 6.45) is 19.0. The Balaban J connectivity index is 2.12. The van der Waals surface area contributed by atoms with Crippen molar-refractivity contribution in [2.45, 2.75) is 129 Å². The first kappa shape index (κ1) is 33.8. The first-order chi connectivity index (χ1) is 17.7. The zero-order valence-corrected chi connectivity index (χ0v) is 24.6. The van der Waals surface area contributed by atoms with Gasteiger partial charge in [-0.15, -0.1) is 0 Å². The minimum Gasteiger partial charge on any atom is -0.458 e. The fourth-order valence-corrected chi connectivity index (χ4v) is 5.29. The average molecular weight is 546 g/mol. The summed E-state index contributed by atoms with van der Waals surface area (Å²) in [5.41, 5.74) is -0.423. The second-order valence-electron chi connectivity index (χ2n) is 10.4. The van der Waals surface area contributed by atoms with Crippen LogP contribution in [0.2, 0.25) is 0 Å². The zero-order chi connectivity index (χ0) is 27.4. The molecule has 0 fully saturated rings. The topological polar surface area (TPSA) is 107 Å². The maximum atomic E-state index is 12.5. The van der Waals surface area contributed by atoms with Gasteiger partial charge in [0, 0.05) is 25.4 Å². The van der Waals surface area contributed by atoms with Crippen molar-refractivity contribution in [3.05, 3.63) is 24.0 Å². The summed E-state index contributed by atoms with van der Waals surface area (Å²) in [5, 5.41) is 0. The van der Waals surface area contributed by atoms with Gasteiger partial charge in [0.15, 0.2) is 0 Å². The van der Waals surface area contributed by atoms with Crippen molar-refractivity contribution in [2.75, 3.05) is 19.8 Å². The summed E-state index contributed by atoms with van der Waals surface area (Å²) < 4.78 is 33.8. The third-order valence-corrected chi connectivity index (χ3v) is 7.45. The molecule has 0 aliphatic rings. The van der Waals surface area contributed by atoms with E-state index in [0.717, 1.165) is 12.8 Å². The molecule has 37 heavy (non-hydrogen) atoms. The molecule has 0 saturated carbocycles. The molecule has 1 rings (SSSR count). The van der Waals surface area contributed by atoms with Gasteiger partial charge in [-0.25, -0.2) is 4.57 Å². The minimum atomic E-state index is -4.40. The van der Waals surface area contributed by atoms with Crippen LogP contribution in [-0.4, -0.2) is 41.8 Å². The summed E-state index contributed by atoms with van der Waals surface area (Å²) >= 11 is 0. The van der Waals surface area contributed by atoms with Gasteiger partial charge in [-0.05, 0) is 32.4 Å². The van der Waals surface area contributed by atoms with E-state index in [1.54, 1.807) is 32.2 Å². The summed E-state index contributed by atoms with van der Waals surface area (Å²) in [7, 11) is -4.40. The molecule has 216 valence electrons. The van der Waals surface area contributed by atoms with Gasteiger partial charge in [0.05, 0.1) is 13.2 Å². The summed E-state index contributed by atoms with van der Waals surface area (Å²) in [5.74, 6) is -0.505. The average Bonchev–Trinajstić information content (AvgIpc) is 3.37. The van der Waals surface area contributed by atoms with Crippen LogP contribution in [0.3, 0.4) is 0 Å². The van der Waals surface area contributed by atoms with Crippen LogP contribution in [0.25, 0.3) is 0 Å². The fraction of sp³-hybridized carbons (Fsp3) is 0.821. The van der Waals surface area contributed by atoms with Gasteiger partial charge < -0.3 is 19.4 Å². The Morgan fingerprint density at radius 2 is 1.49 bits per heavy atom. The minimum absolute atomic E-state index is 0.0953. The van der Waals surface area contributed by atoms with Crippen LogP contribution in [-0.2, 0) is 33.5 Å². The van der Waals surface area contributed by atoms with Crippen LogP contribution in [0.15, 0.2) is 18.3 Å². The van der Waals surface area contributed by atoms with E-state index in [9.17, 15) is 14.3 Å². The second-order valence-corrected chi connectivity index (χ2v) is 11.7. The predicted molar refractivity (Wildman–Crippen MR) is 147 cm³/mol. The van der Waals surface area contributed by atoms with Gasteiger partial charge in [-0.2, -0.15) is 0 Å². The molecule has 0 spiro atoms. The molecular weight excluding hydrogens is 493 g/mol. The van der Waals surface area contributed by atoms with E-state index in [4.69, 9.17) is 18.5 Å². The number of aromatic amines is 1. The normalized spacial score (nSPS) is 14.4. The van der Waals surface area contributed by atoms with Crippen LogP contribution in [0, 0.1) is 0 Å². The van der Waals surface area contributed by atoms with Gasteiger partial charge in [-0.3, -0.25) is 13.8 Å². The molecular formula is C28H52NO7P. The van der Waals surface area contributed by atoms with Crippen LogP contribution in [0.4, 0.5) is 0 Å². The fourth-order valence-electron chi connectivity index (χ4n) is 4.21. The van der Waals surface area contributed by atoms with E-state index in [1.165, 1.54) is 84.0 Å². The molecule has 1 heterocycles. The van der Waals surface area contributed by atoms with Crippen molar-refractivity contribution >= 4 is 13.8 Å². The molecule has 0 radical (unpaired) electrons. The van der Waals surface area contributed by atoms with Crippen LogP contribution in [0.1, 0.15) is 123 Å². The lowest BCUT2D eigenvalue weighted by molar-refractivity contribution is -0.152. The van der Waals surface area contributed by atoms with E-state index in [-0.39, 0.29) is 13.2 Å². The van der Waals surface area contributed by atoms with Crippen LogP contribution < -0.4 is 0 Å². The number of hydrogen-bond acceptors (Lipinski definition) is 6. The first-order valence-corrected chi connectivity index (χ1v) is 15.7. The number of rotatable bonds is 24. The number of carbonyl (C=O) groups is 1. The Bertz CT molecular complexity index is 739. The first-order valence-electron chi connectivity index (χ1n) is 14.2. The quantitative estimate of drug-likeness (QED) is 0.0775. The van der Waals surface area contributed by atoms with Crippen molar-refractivity contribution in [2.24, 2.45) is 0 Å². The highest BCUT2D eigenvalue weighted by Crippen LogP contribution is 2.49. The molecule has 2 atom stereocenters. The molecule has 9 heteroatoms. The molecule has 0 saturated heterocycles. The third-order valence-electron chi connectivity index (χ3n) is 6.29. The van der Waals surface area contributed by atoms with Crippen LogP contribution >= 0.6 is 7.82 Å². The molecule has 0 aromatic carbocycles. The van der Waals surface area contributed by atoms with Gasteiger partial charge in [-0.1, -0.05) is 90.4 Å². The number of phosphoric ester groups is 1. The lowest BCUT2D eigenvalue weighted by Crippen LogP contribution is -2.28. The predicted octanol–water partition coefficient (Wildman–Crippen LogP) is 7.81. The molecule has 0 aliphatic carbocycles. The standard InChI is InChI=1S/C28H52NO7P/c1-5-6-7-8-9-10-11-12-13-14-15-16-17-18-22-33-23-26(35-25(2)30)24-34-37(31,32)36-28(3,4)27-20-19-21-29-27/h19-21,26,29H,5-18,22-24H2,1-4H3,(H,31,32). The number of H-pyrrole nitrogens is 1. The molecule has 0 bridgehead atoms. The van der Waals surface area contributed by atoms with Gasteiger partial charge in [0.1, 0.15) is 11.7 Å². The second kappa shape index (κ2) is 19.8. The Hall–Kier alpha value is -1.18. The van der Waals surface area contributed by atoms with E-state index < -0.39 is 25.5 Å². The summed E-state index contributed by atoms with van der Waals surface area (Å²) in [4.78, 5) is 24.6. The van der Waals surface area contributed by atoms with E-state index >= 15 is 0 Å². The highest BCUT2D eigenvalue weighted by atomic mass is 31.2. The van der Waals surface area contributed by atoms with E-state index in [1.807, 2.05) is 0 Å². The molecule has 8 nitrogen and oxygen atoms in total. The Morgan fingerprint density at radius 1 is 0.946 bits per heavy atom. The molecule has 0 aliphatic heterocycles. The van der Waals surface area contributed by atoms with Gasteiger partial charge >= 0.3 is 13.8 Å². The maximum absolute atomic E-state index is 12.5. The number of phosphoric acid groups is 1. The van der Waals surface area contributed by atoms with E-state index in [0.29, 0.717) is 12.3 Å². The molecule has 1 aromatic heterocycles. The number of ether oxygens (including phenoxy) is 2. The van der Waals surface area contributed by atoms with Crippen molar-refractivity contribution in [3.8, 4) is 0 Å². The van der Waals surface area contributed by atoms with Crippen molar-refractivity contribution in [1.29, 1.82) is 0 Å². The van der Waals surface area contributed by atoms with Gasteiger partial charge in [0.2, 0.25) is 0 Å². The lowest BCUT2D eigenvalue weighted by atomic mass is 10.0. The van der Waals surface area contributed by atoms with Crippen molar-refractivity contribution < 1.29 is 32.8 Å². The molecule has 2 N–H and O–H groups in total. The number of hydrogen-bond donors (Lipinski definition) is 2. The monoisotopic (exact) mass is 545 g/mol. The molecule has 0 amide bonds.